The maximum absolute atomic E-state index is 5.33. The molecule has 0 aliphatic heterocycles. The highest BCUT2D eigenvalue weighted by atomic mass is 32.2. The second-order valence-corrected chi connectivity index (χ2v) is 5.44. The van der Waals surface area contributed by atoms with Gasteiger partial charge in [0.15, 0.2) is 0 Å². The first kappa shape index (κ1) is 14.1. The molecule has 0 radical (unpaired) electrons. The number of rotatable bonds is 6. The van der Waals surface area contributed by atoms with Crippen molar-refractivity contribution >= 4 is 11.8 Å². The van der Waals surface area contributed by atoms with Gasteiger partial charge >= 0.3 is 0 Å². The molecule has 0 amide bonds. The number of nitrogens with one attached hydrogen (secondary N) is 1. The van der Waals surface area contributed by atoms with Crippen LogP contribution >= 0.6 is 11.8 Å². The van der Waals surface area contributed by atoms with Crippen LogP contribution in [0.3, 0.4) is 0 Å². The van der Waals surface area contributed by atoms with Crippen molar-refractivity contribution in [2.24, 2.45) is 0 Å². The van der Waals surface area contributed by atoms with Crippen LogP contribution in [0.5, 0.6) is 0 Å². The van der Waals surface area contributed by atoms with Gasteiger partial charge in [0.1, 0.15) is 11.3 Å². The van der Waals surface area contributed by atoms with E-state index in [0.717, 1.165) is 35.8 Å². The Morgan fingerprint density at radius 3 is 2.84 bits per heavy atom. The summed E-state index contributed by atoms with van der Waals surface area (Å²) in [5.41, 5.74) is 3.25. The van der Waals surface area contributed by atoms with E-state index in [2.05, 4.69) is 35.2 Å². The largest absolute Gasteiger partial charge is 0.439 e. The minimum absolute atomic E-state index is 0.643. The van der Waals surface area contributed by atoms with Crippen molar-refractivity contribution in [1.29, 1.82) is 0 Å². The highest BCUT2D eigenvalue weighted by Crippen LogP contribution is 2.27. The number of hydrogen-bond acceptors (Lipinski definition) is 5. The van der Waals surface area contributed by atoms with Gasteiger partial charge in [-0.15, -0.1) is 0 Å². The van der Waals surface area contributed by atoms with E-state index in [4.69, 9.17) is 4.42 Å². The zero-order chi connectivity index (χ0) is 13.7. The van der Waals surface area contributed by atoms with Crippen LogP contribution in [0.2, 0.25) is 0 Å². The molecular weight excluding hydrogens is 258 g/mol. The lowest BCUT2D eigenvalue weighted by Gasteiger charge is -2.06. The Hall–Kier alpha value is -1.33. The Balaban J connectivity index is 2.02. The van der Waals surface area contributed by atoms with E-state index in [-0.39, 0.29) is 0 Å². The summed E-state index contributed by atoms with van der Waals surface area (Å²) >= 11 is 1.46. The third-order valence-corrected chi connectivity index (χ3v) is 3.61. The molecule has 0 saturated heterocycles. The summed E-state index contributed by atoms with van der Waals surface area (Å²) in [5.74, 6) is 0. The SMILES string of the molecule is CCCNCc1cnc(Sc2nc(C)co2)c(C)c1. The lowest BCUT2D eigenvalue weighted by atomic mass is 10.2. The van der Waals surface area contributed by atoms with E-state index in [9.17, 15) is 0 Å². The molecule has 2 rings (SSSR count). The summed E-state index contributed by atoms with van der Waals surface area (Å²) < 4.78 is 5.33. The average molecular weight is 277 g/mol. The maximum Gasteiger partial charge on any atom is 0.262 e. The van der Waals surface area contributed by atoms with Crippen molar-refractivity contribution in [3.05, 3.63) is 35.3 Å². The number of aromatic nitrogens is 2. The van der Waals surface area contributed by atoms with Gasteiger partial charge in [0.25, 0.3) is 5.22 Å². The van der Waals surface area contributed by atoms with Gasteiger partial charge in [-0.1, -0.05) is 13.0 Å². The molecule has 2 heterocycles. The molecule has 102 valence electrons. The zero-order valence-electron chi connectivity index (χ0n) is 11.6. The fraction of sp³-hybridized carbons (Fsp3) is 0.429. The van der Waals surface area contributed by atoms with Crippen LogP contribution < -0.4 is 5.32 Å². The molecule has 0 spiro atoms. The quantitative estimate of drug-likeness (QED) is 0.821. The number of pyridine rings is 1. The van der Waals surface area contributed by atoms with Gasteiger partial charge in [-0.25, -0.2) is 9.97 Å². The Morgan fingerprint density at radius 1 is 1.37 bits per heavy atom. The van der Waals surface area contributed by atoms with Gasteiger partial charge in [-0.05, 0) is 49.7 Å². The first-order chi connectivity index (χ1) is 9.19. The standard InChI is InChI=1S/C14H19N3OS/c1-4-5-15-7-12-6-10(2)13(16-8-12)19-14-17-11(3)9-18-14/h6,8-9,15H,4-5,7H2,1-3H3. The molecule has 19 heavy (non-hydrogen) atoms. The van der Waals surface area contributed by atoms with E-state index < -0.39 is 0 Å². The van der Waals surface area contributed by atoms with Gasteiger partial charge in [-0.3, -0.25) is 0 Å². The molecular formula is C14H19N3OS. The van der Waals surface area contributed by atoms with E-state index in [1.165, 1.54) is 17.3 Å². The molecule has 0 saturated carbocycles. The topological polar surface area (TPSA) is 51.0 Å². The third kappa shape index (κ3) is 4.08. The Bertz CT molecular complexity index is 539. The van der Waals surface area contributed by atoms with Crippen molar-refractivity contribution in [3.8, 4) is 0 Å². The second-order valence-electron chi connectivity index (χ2n) is 4.50. The van der Waals surface area contributed by atoms with E-state index in [1.54, 1.807) is 6.26 Å². The van der Waals surface area contributed by atoms with Gasteiger partial charge in [0.2, 0.25) is 0 Å². The van der Waals surface area contributed by atoms with Gasteiger partial charge in [0.05, 0.1) is 5.69 Å². The van der Waals surface area contributed by atoms with Crippen LogP contribution in [0.25, 0.3) is 0 Å². The van der Waals surface area contributed by atoms with Crippen LogP contribution in [-0.4, -0.2) is 16.5 Å². The van der Waals surface area contributed by atoms with Gasteiger partial charge < -0.3 is 9.73 Å². The average Bonchev–Trinajstić information content (AvgIpc) is 2.79. The Morgan fingerprint density at radius 2 is 2.21 bits per heavy atom. The summed E-state index contributed by atoms with van der Waals surface area (Å²) in [5, 5.41) is 4.96. The molecule has 2 aromatic heterocycles. The predicted octanol–water partition coefficient (Wildman–Crippen LogP) is 3.34. The highest BCUT2D eigenvalue weighted by molar-refractivity contribution is 7.99. The molecule has 0 unspecified atom stereocenters. The van der Waals surface area contributed by atoms with Crippen molar-refractivity contribution in [3.63, 3.8) is 0 Å². The summed E-state index contributed by atoms with van der Waals surface area (Å²) in [6.45, 7) is 8.04. The number of aryl methyl sites for hydroxylation is 2. The highest BCUT2D eigenvalue weighted by Gasteiger charge is 2.08. The summed E-state index contributed by atoms with van der Waals surface area (Å²) in [6, 6.07) is 2.16. The predicted molar refractivity (Wildman–Crippen MR) is 76.3 cm³/mol. The minimum atomic E-state index is 0.643. The number of hydrogen-bond donors (Lipinski definition) is 1. The first-order valence-electron chi connectivity index (χ1n) is 6.45. The van der Waals surface area contributed by atoms with Crippen LogP contribution in [0.1, 0.15) is 30.2 Å². The summed E-state index contributed by atoms with van der Waals surface area (Å²) in [4.78, 5) is 8.76. The van der Waals surface area contributed by atoms with E-state index >= 15 is 0 Å². The molecule has 0 aliphatic carbocycles. The lowest BCUT2D eigenvalue weighted by Crippen LogP contribution is -2.14. The molecule has 0 fully saturated rings. The van der Waals surface area contributed by atoms with Crippen LogP contribution in [0, 0.1) is 13.8 Å². The van der Waals surface area contributed by atoms with Gasteiger partial charge in [0, 0.05) is 12.7 Å². The second kappa shape index (κ2) is 6.73. The van der Waals surface area contributed by atoms with Crippen molar-refractivity contribution < 1.29 is 4.42 Å². The number of oxazole rings is 1. The molecule has 0 atom stereocenters. The van der Waals surface area contributed by atoms with Gasteiger partial charge in [-0.2, -0.15) is 0 Å². The molecule has 4 nitrogen and oxygen atoms in total. The fourth-order valence-corrected chi connectivity index (χ4v) is 2.47. The number of nitrogens with zero attached hydrogens (tertiary/aromatic N) is 2. The molecule has 0 aromatic carbocycles. The maximum atomic E-state index is 5.33. The van der Waals surface area contributed by atoms with Crippen molar-refractivity contribution in [1.82, 2.24) is 15.3 Å². The summed E-state index contributed by atoms with van der Waals surface area (Å²) in [7, 11) is 0. The van der Waals surface area contributed by atoms with E-state index in [1.807, 2.05) is 13.1 Å². The molecule has 1 N–H and O–H groups in total. The Kier molecular flexibility index (Phi) is 4.99. The zero-order valence-corrected chi connectivity index (χ0v) is 12.4. The van der Waals surface area contributed by atoms with E-state index in [0.29, 0.717) is 5.22 Å². The monoisotopic (exact) mass is 277 g/mol. The fourth-order valence-electron chi connectivity index (χ4n) is 1.70. The summed E-state index contributed by atoms with van der Waals surface area (Å²) in [6.07, 6.45) is 4.71. The molecule has 0 aliphatic rings. The Labute approximate surface area is 118 Å². The van der Waals surface area contributed by atoms with Crippen LogP contribution in [0.15, 0.2) is 33.2 Å². The van der Waals surface area contributed by atoms with Crippen molar-refractivity contribution in [2.45, 2.75) is 44.0 Å². The smallest absolute Gasteiger partial charge is 0.262 e. The lowest BCUT2D eigenvalue weighted by molar-refractivity contribution is 0.453. The molecule has 5 heteroatoms. The third-order valence-electron chi connectivity index (χ3n) is 2.62. The van der Waals surface area contributed by atoms with Crippen molar-refractivity contribution in [2.75, 3.05) is 6.54 Å². The molecule has 0 bridgehead atoms. The first-order valence-corrected chi connectivity index (χ1v) is 7.27. The normalized spacial score (nSPS) is 10.9. The van der Waals surface area contributed by atoms with Crippen LogP contribution in [0.4, 0.5) is 0 Å². The molecule has 2 aromatic rings. The minimum Gasteiger partial charge on any atom is -0.439 e. The van der Waals surface area contributed by atoms with Crippen LogP contribution in [-0.2, 0) is 6.54 Å².